The van der Waals surface area contributed by atoms with E-state index in [2.05, 4.69) is 21.2 Å². The predicted octanol–water partition coefficient (Wildman–Crippen LogP) is 3.65. The largest absolute Gasteiger partial charge is 0.496 e. The summed E-state index contributed by atoms with van der Waals surface area (Å²) < 4.78 is 16.5. The summed E-state index contributed by atoms with van der Waals surface area (Å²) in [7, 11) is 2.88. The molecule has 7 heteroatoms. The first kappa shape index (κ1) is 18.8. The lowest BCUT2D eigenvalue weighted by Crippen LogP contribution is -2.30. The number of hydrogen-bond donors (Lipinski definition) is 1. The van der Waals surface area contributed by atoms with Gasteiger partial charge in [-0.15, -0.1) is 0 Å². The van der Waals surface area contributed by atoms with Gasteiger partial charge in [-0.05, 0) is 43.3 Å². The van der Waals surface area contributed by atoms with Gasteiger partial charge in [-0.3, -0.25) is 4.79 Å². The van der Waals surface area contributed by atoms with Crippen LogP contribution in [-0.2, 0) is 9.53 Å². The van der Waals surface area contributed by atoms with Crippen molar-refractivity contribution in [2.75, 3.05) is 19.5 Å². The number of anilines is 1. The molecule has 6 nitrogen and oxygen atoms in total. The van der Waals surface area contributed by atoms with Crippen LogP contribution in [0.2, 0.25) is 0 Å². The fourth-order valence-electron chi connectivity index (χ4n) is 2.10. The van der Waals surface area contributed by atoms with E-state index in [1.54, 1.807) is 42.5 Å². The second-order valence-electron chi connectivity index (χ2n) is 5.08. The molecule has 0 aliphatic carbocycles. The van der Waals surface area contributed by atoms with Crippen molar-refractivity contribution in [3.05, 3.63) is 52.5 Å². The van der Waals surface area contributed by atoms with Crippen LogP contribution in [0, 0.1) is 0 Å². The summed E-state index contributed by atoms with van der Waals surface area (Å²) in [4.78, 5) is 24.7. The van der Waals surface area contributed by atoms with Crippen LogP contribution in [-0.4, -0.2) is 32.2 Å². The monoisotopic (exact) mass is 407 g/mol. The van der Waals surface area contributed by atoms with Crippen LogP contribution < -0.4 is 14.8 Å². The van der Waals surface area contributed by atoms with E-state index in [1.165, 1.54) is 21.1 Å². The highest BCUT2D eigenvalue weighted by atomic mass is 79.9. The molecule has 0 saturated heterocycles. The average molecular weight is 408 g/mol. The normalized spacial score (nSPS) is 11.4. The molecule has 2 aromatic rings. The smallest absolute Gasteiger partial charge is 0.346 e. The zero-order valence-electron chi connectivity index (χ0n) is 14.0. The van der Waals surface area contributed by atoms with Crippen LogP contribution >= 0.6 is 15.9 Å². The number of rotatable bonds is 6. The summed E-state index contributed by atoms with van der Waals surface area (Å²) in [5.41, 5.74) is 0.738. The Bertz CT molecular complexity index is 738. The van der Waals surface area contributed by atoms with Crippen LogP contribution in [0.1, 0.15) is 17.3 Å². The van der Waals surface area contributed by atoms with Crippen LogP contribution in [0.15, 0.2) is 46.9 Å². The van der Waals surface area contributed by atoms with Gasteiger partial charge in [-0.2, -0.15) is 0 Å². The molecule has 0 radical (unpaired) electrons. The Labute approximate surface area is 154 Å². The number of esters is 1. The molecular formula is C18H18BrNO5. The van der Waals surface area contributed by atoms with Gasteiger partial charge in [-0.1, -0.05) is 22.0 Å². The SMILES string of the molecule is COc1cccc(OC)c1C(=O)O[C@H](C)C(=O)Nc1ccc(Br)cc1. The van der Waals surface area contributed by atoms with Crippen molar-refractivity contribution in [1.29, 1.82) is 0 Å². The molecule has 132 valence electrons. The van der Waals surface area contributed by atoms with Crippen molar-refractivity contribution in [2.45, 2.75) is 13.0 Å². The zero-order chi connectivity index (χ0) is 18.4. The van der Waals surface area contributed by atoms with Crippen molar-refractivity contribution in [3.8, 4) is 11.5 Å². The minimum absolute atomic E-state index is 0.135. The first-order valence-corrected chi connectivity index (χ1v) is 8.24. The number of carbonyl (C=O) groups is 2. The molecule has 1 amide bonds. The summed E-state index contributed by atoms with van der Waals surface area (Å²) in [6, 6.07) is 12.0. The molecule has 2 rings (SSSR count). The van der Waals surface area contributed by atoms with E-state index in [-0.39, 0.29) is 5.56 Å². The molecular weight excluding hydrogens is 390 g/mol. The molecule has 0 aromatic heterocycles. The Balaban J connectivity index is 2.09. The van der Waals surface area contributed by atoms with E-state index < -0.39 is 18.0 Å². The summed E-state index contributed by atoms with van der Waals surface area (Å²) >= 11 is 3.32. The summed E-state index contributed by atoms with van der Waals surface area (Å²) in [5.74, 6) is -0.521. The van der Waals surface area contributed by atoms with E-state index in [4.69, 9.17) is 14.2 Å². The third-order valence-electron chi connectivity index (χ3n) is 3.40. The average Bonchev–Trinajstić information content (AvgIpc) is 2.62. The van der Waals surface area contributed by atoms with E-state index in [0.29, 0.717) is 17.2 Å². The second kappa shape index (κ2) is 8.53. The van der Waals surface area contributed by atoms with E-state index in [9.17, 15) is 9.59 Å². The highest BCUT2D eigenvalue weighted by Gasteiger charge is 2.24. The van der Waals surface area contributed by atoms with Gasteiger partial charge in [0.05, 0.1) is 14.2 Å². The first-order chi connectivity index (χ1) is 12.0. The van der Waals surface area contributed by atoms with Crippen molar-refractivity contribution in [2.24, 2.45) is 0 Å². The Kier molecular flexibility index (Phi) is 6.41. The molecule has 0 unspecified atom stereocenters. The third kappa shape index (κ3) is 4.73. The standard InChI is InChI=1S/C18H18BrNO5/c1-11(17(21)20-13-9-7-12(19)8-10-13)25-18(22)16-14(23-2)5-4-6-15(16)24-3/h4-11H,1-3H3,(H,20,21)/t11-/m1/s1. The number of carbonyl (C=O) groups excluding carboxylic acids is 2. The number of halogens is 1. The highest BCUT2D eigenvalue weighted by Crippen LogP contribution is 2.29. The molecule has 0 bridgehead atoms. The number of methoxy groups -OCH3 is 2. The fourth-order valence-corrected chi connectivity index (χ4v) is 2.37. The van der Waals surface area contributed by atoms with Crippen molar-refractivity contribution in [3.63, 3.8) is 0 Å². The minimum Gasteiger partial charge on any atom is -0.496 e. The van der Waals surface area contributed by atoms with Crippen LogP contribution in [0.25, 0.3) is 0 Å². The van der Waals surface area contributed by atoms with Gasteiger partial charge in [0, 0.05) is 10.2 Å². The molecule has 0 saturated carbocycles. The maximum atomic E-state index is 12.4. The lowest BCUT2D eigenvalue weighted by atomic mass is 10.1. The van der Waals surface area contributed by atoms with Crippen LogP contribution in [0.4, 0.5) is 5.69 Å². The number of ether oxygens (including phenoxy) is 3. The number of benzene rings is 2. The Morgan fingerprint density at radius 3 is 2.08 bits per heavy atom. The molecule has 1 N–H and O–H groups in total. The molecule has 0 heterocycles. The lowest BCUT2D eigenvalue weighted by Gasteiger charge is -2.16. The fraction of sp³-hybridized carbons (Fsp3) is 0.222. The van der Waals surface area contributed by atoms with E-state index in [1.807, 2.05) is 0 Å². The summed E-state index contributed by atoms with van der Waals surface area (Å²) in [6.07, 6.45) is -0.995. The van der Waals surface area contributed by atoms with Gasteiger partial charge in [0.1, 0.15) is 17.1 Å². The van der Waals surface area contributed by atoms with E-state index in [0.717, 1.165) is 4.47 Å². The Hall–Kier alpha value is -2.54. The van der Waals surface area contributed by atoms with Gasteiger partial charge < -0.3 is 19.5 Å². The van der Waals surface area contributed by atoms with Crippen molar-refractivity contribution < 1.29 is 23.8 Å². The molecule has 0 spiro atoms. The first-order valence-electron chi connectivity index (χ1n) is 7.44. The maximum Gasteiger partial charge on any atom is 0.346 e. The summed E-state index contributed by atoms with van der Waals surface area (Å²) in [6.45, 7) is 1.49. The molecule has 25 heavy (non-hydrogen) atoms. The number of nitrogens with one attached hydrogen (secondary N) is 1. The van der Waals surface area contributed by atoms with Gasteiger partial charge in [0.25, 0.3) is 5.91 Å². The topological polar surface area (TPSA) is 73.9 Å². The predicted molar refractivity (Wildman–Crippen MR) is 97.2 cm³/mol. The minimum atomic E-state index is -0.995. The second-order valence-corrected chi connectivity index (χ2v) is 6.00. The lowest BCUT2D eigenvalue weighted by molar-refractivity contribution is -0.123. The van der Waals surface area contributed by atoms with Gasteiger partial charge in [-0.25, -0.2) is 4.79 Å². The zero-order valence-corrected chi connectivity index (χ0v) is 15.6. The Morgan fingerprint density at radius 2 is 1.56 bits per heavy atom. The van der Waals surface area contributed by atoms with E-state index >= 15 is 0 Å². The molecule has 0 fully saturated rings. The number of hydrogen-bond acceptors (Lipinski definition) is 5. The maximum absolute atomic E-state index is 12.4. The highest BCUT2D eigenvalue weighted by molar-refractivity contribution is 9.10. The van der Waals surface area contributed by atoms with Crippen LogP contribution in [0.3, 0.4) is 0 Å². The Morgan fingerprint density at radius 1 is 1.00 bits per heavy atom. The van der Waals surface area contributed by atoms with Crippen molar-refractivity contribution >= 4 is 33.5 Å². The molecule has 2 aromatic carbocycles. The molecule has 0 aliphatic rings. The third-order valence-corrected chi connectivity index (χ3v) is 3.93. The molecule has 1 atom stereocenters. The van der Waals surface area contributed by atoms with Gasteiger partial charge in [0.2, 0.25) is 0 Å². The van der Waals surface area contributed by atoms with Crippen LogP contribution in [0.5, 0.6) is 11.5 Å². The summed E-state index contributed by atoms with van der Waals surface area (Å²) in [5, 5.41) is 2.68. The van der Waals surface area contributed by atoms with Crippen molar-refractivity contribution in [1.82, 2.24) is 0 Å². The molecule has 0 aliphatic heterocycles. The quantitative estimate of drug-likeness (QED) is 0.739. The van der Waals surface area contributed by atoms with Gasteiger partial charge >= 0.3 is 5.97 Å². The van der Waals surface area contributed by atoms with Gasteiger partial charge in [0.15, 0.2) is 6.10 Å². The number of amides is 1.